The molecule has 0 aliphatic rings. The van der Waals surface area contributed by atoms with Gasteiger partial charge in [-0.3, -0.25) is 0 Å². The second-order valence-electron chi connectivity index (χ2n) is 6.69. The van der Waals surface area contributed by atoms with Crippen molar-refractivity contribution in [2.45, 2.75) is 12.8 Å². The van der Waals surface area contributed by atoms with Crippen LogP contribution in [0.25, 0.3) is 0 Å². The molecule has 0 saturated carbocycles. The summed E-state index contributed by atoms with van der Waals surface area (Å²) in [6.45, 7) is 2.77. The van der Waals surface area contributed by atoms with Crippen molar-refractivity contribution in [1.29, 1.82) is 0 Å². The quantitative estimate of drug-likeness (QED) is 0.357. The zero-order chi connectivity index (χ0) is 18.0. The van der Waals surface area contributed by atoms with Gasteiger partial charge < -0.3 is 31.3 Å². The molecule has 6 heteroatoms. The first-order chi connectivity index (χ1) is 12.1. The molecule has 0 spiro atoms. The number of ether oxygens (including phenoxy) is 1. The van der Waals surface area contributed by atoms with Crippen molar-refractivity contribution < 1.29 is 31.3 Å². The molecule has 0 aromatic heterocycles. The molecular formula is C20H28BrN3O2. The molecule has 2 aromatic carbocycles. The van der Waals surface area contributed by atoms with Crippen molar-refractivity contribution in [1.82, 2.24) is 0 Å². The van der Waals surface area contributed by atoms with Crippen LogP contribution >= 0.6 is 0 Å². The van der Waals surface area contributed by atoms with Crippen LogP contribution in [0.5, 0.6) is 5.75 Å². The fraction of sp³-hybridized carbons (Fsp3) is 0.400. The Morgan fingerprint density at radius 1 is 0.846 bits per heavy atom. The predicted molar refractivity (Wildman–Crippen MR) is 101 cm³/mol. The lowest BCUT2D eigenvalue weighted by molar-refractivity contribution is -0.890. The molecule has 0 aliphatic carbocycles. The lowest BCUT2D eigenvalue weighted by Crippen LogP contribution is -3.00. The van der Waals surface area contributed by atoms with Crippen LogP contribution < -0.4 is 21.7 Å². The first-order valence-electron chi connectivity index (χ1n) is 8.72. The van der Waals surface area contributed by atoms with Gasteiger partial charge in [0.15, 0.2) is 0 Å². The highest BCUT2D eigenvalue weighted by Gasteiger charge is 2.12. The number of aliphatic hydroxyl groups excluding tert-OH is 1. The Labute approximate surface area is 166 Å². The van der Waals surface area contributed by atoms with Gasteiger partial charge in [0.1, 0.15) is 12.3 Å². The Hall–Kier alpha value is -1.76. The van der Waals surface area contributed by atoms with E-state index < -0.39 is 0 Å². The van der Waals surface area contributed by atoms with Crippen LogP contribution in [0.4, 0.5) is 11.4 Å². The summed E-state index contributed by atoms with van der Waals surface area (Å²) in [5.41, 5.74) is 1.64. The molecule has 142 valence electrons. The van der Waals surface area contributed by atoms with Crippen molar-refractivity contribution in [3.8, 4) is 5.75 Å². The van der Waals surface area contributed by atoms with E-state index in [0.29, 0.717) is 6.61 Å². The number of unbranched alkanes of at least 4 members (excludes halogenated alkanes) is 1. The summed E-state index contributed by atoms with van der Waals surface area (Å²) in [4.78, 5) is 0. The van der Waals surface area contributed by atoms with Crippen LogP contribution in [0.15, 0.2) is 64.8 Å². The first-order valence-corrected chi connectivity index (χ1v) is 8.72. The van der Waals surface area contributed by atoms with Gasteiger partial charge in [-0.1, -0.05) is 18.2 Å². The SMILES string of the molecule is C[N+](C)(CCO)CCCCOc1ccc(N=Nc2ccccc2)cc1.[Br-]. The van der Waals surface area contributed by atoms with E-state index in [9.17, 15) is 0 Å². The van der Waals surface area contributed by atoms with E-state index in [0.717, 1.165) is 47.5 Å². The number of hydrogen-bond donors (Lipinski definition) is 1. The average molecular weight is 422 g/mol. The minimum Gasteiger partial charge on any atom is -1.00 e. The van der Waals surface area contributed by atoms with Gasteiger partial charge in [-0.05, 0) is 49.2 Å². The van der Waals surface area contributed by atoms with E-state index in [1.165, 1.54) is 0 Å². The molecule has 26 heavy (non-hydrogen) atoms. The molecule has 0 heterocycles. The summed E-state index contributed by atoms with van der Waals surface area (Å²) in [5.74, 6) is 0.850. The normalized spacial score (nSPS) is 11.3. The molecule has 0 bridgehead atoms. The van der Waals surface area contributed by atoms with Crippen LogP contribution in [-0.2, 0) is 0 Å². The maximum atomic E-state index is 9.02. The molecule has 0 aliphatic heterocycles. The third-order valence-electron chi connectivity index (χ3n) is 4.01. The average Bonchev–Trinajstić information content (AvgIpc) is 2.61. The van der Waals surface area contributed by atoms with Crippen molar-refractivity contribution in [2.75, 3.05) is 40.4 Å². The number of halogens is 1. The van der Waals surface area contributed by atoms with Gasteiger partial charge in [-0.15, -0.1) is 0 Å². The van der Waals surface area contributed by atoms with E-state index in [1.807, 2.05) is 54.6 Å². The van der Waals surface area contributed by atoms with Gasteiger partial charge in [0, 0.05) is 0 Å². The van der Waals surface area contributed by atoms with Gasteiger partial charge in [-0.25, -0.2) is 0 Å². The topological polar surface area (TPSA) is 54.2 Å². The van der Waals surface area contributed by atoms with Gasteiger partial charge in [0.05, 0.1) is 45.2 Å². The Bertz CT molecular complexity index is 646. The third-order valence-corrected chi connectivity index (χ3v) is 4.01. The molecule has 5 nitrogen and oxygen atoms in total. The fourth-order valence-electron chi connectivity index (χ4n) is 2.43. The van der Waals surface area contributed by atoms with Gasteiger partial charge in [-0.2, -0.15) is 10.2 Å². The molecule has 0 atom stereocenters. The smallest absolute Gasteiger partial charge is 0.119 e. The standard InChI is InChI=1S/C20H28N3O2.BrH/c1-23(2,15-16-24)14-6-7-17-25-20-12-10-19(11-13-20)22-21-18-8-4-3-5-9-18;/h3-5,8-13,24H,6-7,14-17H2,1-2H3;1H/q+1;/p-1. The molecule has 0 radical (unpaired) electrons. The van der Waals surface area contributed by atoms with Crippen LogP contribution in [0.1, 0.15) is 12.8 Å². The largest absolute Gasteiger partial charge is 1.00 e. The second kappa shape index (κ2) is 11.8. The van der Waals surface area contributed by atoms with Crippen LogP contribution in [-0.4, -0.2) is 50.0 Å². The van der Waals surface area contributed by atoms with Crippen LogP contribution in [0, 0.1) is 0 Å². The summed E-state index contributed by atoms with van der Waals surface area (Å²) in [6.07, 6.45) is 2.08. The minimum absolute atomic E-state index is 0. The predicted octanol–water partition coefficient (Wildman–Crippen LogP) is 1.33. The number of nitrogens with zero attached hydrogens (tertiary/aromatic N) is 3. The van der Waals surface area contributed by atoms with E-state index in [4.69, 9.17) is 9.84 Å². The van der Waals surface area contributed by atoms with Crippen LogP contribution in [0.2, 0.25) is 0 Å². The Morgan fingerprint density at radius 2 is 1.46 bits per heavy atom. The highest BCUT2D eigenvalue weighted by molar-refractivity contribution is 5.42. The molecule has 2 rings (SSSR count). The number of aliphatic hydroxyl groups is 1. The van der Waals surface area contributed by atoms with E-state index in [2.05, 4.69) is 24.3 Å². The zero-order valence-corrected chi connectivity index (χ0v) is 17.1. The summed E-state index contributed by atoms with van der Waals surface area (Å²) >= 11 is 0. The number of rotatable bonds is 10. The second-order valence-corrected chi connectivity index (χ2v) is 6.69. The van der Waals surface area contributed by atoms with Crippen molar-refractivity contribution in [2.24, 2.45) is 10.2 Å². The van der Waals surface area contributed by atoms with Gasteiger partial charge in [0.2, 0.25) is 0 Å². The van der Waals surface area contributed by atoms with Gasteiger partial charge in [0.25, 0.3) is 0 Å². The molecule has 0 amide bonds. The molecule has 2 aromatic rings. The molecule has 0 unspecified atom stereocenters. The number of azo groups is 1. The molecular weight excluding hydrogens is 394 g/mol. The summed E-state index contributed by atoms with van der Waals surface area (Å²) in [7, 11) is 4.28. The number of quaternary nitrogens is 1. The third kappa shape index (κ3) is 8.56. The number of hydrogen-bond acceptors (Lipinski definition) is 4. The Kier molecular flexibility index (Phi) is 10.1. The first kappa shape index (κ1) is 22.3. The number of benzene rings is 2. The lowest BCUT2D eigenvalue weighted by atomic mass is 10.2. The zero-order valence-electron chi connectivity index (χ0n) is 15.5. The van der Waals surface area contributed by atoms with Crippen molar-refractivity contribution in [3.63, 3.8) is 0 Å². The number of likely N-dealkylation sites (N-methyl/N-ethyl adjacent to an activating group) is 1. The minimum atomic E-state index is 0. The summed E-state index contributed by atoms with van der Waals surface area (Å²) in [5, 5.41) is 17.4. The molecule has 1 N–H and O–H groups in total. The van der Waals surface area contributed by atoms with E-state index >= 15 is 0 Å². The van der Waals surface area contributed by atoms with E-state index in [-0.39, 0.29) is 23.6 Å². The monoisotopic (exact) mass is 421 g/mol. The van der Waals surface area contributed by atoms with Gasteiger partial charge >= 0.3 is 0 Å². The van der Waals surface area contributed by atoms with Crippen LogP contribution in [0.3, 0.4) is 0 Å². The maximum Gasteiger partial charge on any atom is 0.119 e. The highest BCUT2D eigenvalue weighted by Crippen LogP contribution is 2.21. The van der Waals surface area contributed by atoms with Crippen molar-refractivity contribution in [3.05, 3.63) is 54.6 Å². The molecule has 0 saturated heterocycles. The van der Waals surface area contributed by atoms with Crippen molar-refractivity contribution >= 4 is 11.4 Å². The lowest BCUT2D eigenvalue weighted by Gasteiger charge is -2.28. The Balaban J connectivity index is 0.00000338. The summed E-state index contributed by atoms with van der Waals surface area (Å²) < 4.78 is 6.61. The Morgan fingerprint density at radius 3 is 2.08 bits per heavy atom. The van der Waals surface area contributed by atoms with E-state index in [1.54, 1.807) is 0 Å². The summed E-state index contributed by atoms with van der Waals surface area (Å²) in [6, 6.07) is 17.3. The highest BCUT2D eigenvalue weighted by atomic mass is 79.9. The fourth-order valence-corrected chi connectivity index (χ4v) is 2.43. The molecule has 0 fully saturated rings. The maximum absolute atomic E-state index is 9.02.